The maximum absolute atomic E-state index is 12.9. The molecule has 7 heteroatoms. The van der Waals surface area contributed by atoms with Crippen LogP contribution in [0.15, 0.2) is 6.20 Å². The Hall–Kier alpha value is -1.24. The van der Waals surface area contributed by atoms with Gasteiger partial charge in [-0.2, -0.15) is 18.3 Å². The molecule has 0 aliphatic rings. The number of halogens is 3. The second-order valence-electron chi connectivity index (χ2n) is 3.45. The zero-order valence-electron chi connectivity index (χ0n) is 10.0. The third-order valence-electron chi connectivity index (χ3n) is 2.37. The molecule has 1 N–H and O–H groups in total. The molecule has 1 atom stereocenters. The van der Waals surface area contributed by atoms with E-state index < -0.39 is 12.2 Å². The number of nitrogens with one attached hydrogen (secondary N) is 1. The Morgan fingerprint density at radius 3 is 2.53 bits per heavy atom. The Morgan fingerprint density at radius 2 is 2.12 bits per heavy atom. The van der Waals surface area contributed by atoms with Crippen LogP contribution in [0.1, 0.15) is 25.6 Å². The SMILES string of the molecule is CCNC(c1c(OC)cnn1CC)C(F)(F)F. The molecule has 0 aliphatic heterocycles. The summed E-state index contributed by atoms with van der Waals surface area (Å²) in [6.45, 7) is 3.92. The number of hydrogen-bond donors (Lipinski definition) is 1. The summed E-state index contributed by atoms with van der Waals surface area (Å²) < 4.78 is 45.0. The van der Waals surface area contributed by atoms with E-state index in [4.69, 9.17) is 4.74 Å². The van der Waals surface area contributed by atoms with Crippen LogP contribution in [0, 0.1) is 0 Å². The minimum Gasteiger partial charge on any atom is -0.493 e. The largest absolute Gasteiger partial charge is 0.493 e. The molecule has 0 saturated heterocycles. The third-order valence-corrected chi connectivity index (χ3v) is 2.37. The molecule has 0 fully saturated rings. The molecule has 0 amide bonds. The van der Waals surface area contributed by atoms with Crippen LogP contribution >= 0.6 is 0 Å². The number of aromatic nitrogens is 2. The summed E-state index contributed by atoms with van der Waals surface area (Å²) in [4.78, 5) is 0. The minimum atomic E-state index is -4.38. The zero-order chi connectivity index (χ0) is 13.1. The molecule has 1 rings (SSSR count). The van der Waals surface area contributed by atoms with Gasteiger partial charge < -0.3 is 10.1 Å². The van der Waals surface area contributed by atoms with Crippen LogP contribution in [0.2, 0.25) is 0 Å². The van der Waals surface area contributed by atoms with Gasteiger partial charge in [0.2, 0.25) is 0 Å². The van der Waals surface area contributed by atoms with Gasteiger partial charge in [-0.3, -0.25) is 4.68 Å². The first kappa shape index (κ1) is 13.8. The highest BCUT2D eigenvalue weighted by atomic mass is 19.4. The molecule has 98 valence electrons. The van der Waals surface area contributed by atoms with Crippen molar-refractivity contribution in [3.63, 3.8) is 0 Å². The third kappa shape index (κ3) is 2.91. The Kier molecular flexibility index (Phi) is 4.39. The van der Waals surface area contributed by atoms with E-state index in [0.29, 0.717) is 6.54 Å². The van der Waals surface area contributed by atoms with E-state index in [-0.39, 0.29) is 18.0 Å². The molecule has 1 heterocycles. The zero-order valence-corrected chi connectivity index (χ0v) is 10.0. The van der Waals surface area contributed by atoms with Crippen molar-refractivity contribution in [3.8, 4) is 5.75 Å². The number of rotatable bonds is 5. The van der Waals surface area contributed by atoms with Crippen LogP contribution in [0.5, 0.6) is 5.75 Å². The first-order chi connectivity index (χ1) is 7.95. The molecular formula is C10H16F3N3O. The topological polar surface area (TPSA) is 39.1 Å². The molecule has 4 nitrogen and oxygen atoms in total. The molecule has 1 aromatic rings. The predicted octanol–water partition coefficient (Wildman–Crippen LogP) is 2.12. The lowest BCUT2D eigenvalue weighted by atomic mass is 10.2. The van der Waals surface area contributed by atoms with Crippen LogP contribution < -0.4 is 10.1 Å². The Morgan fingerprint density at radius 1 is 1.47 bits per heavy atom. The number of nitrogens with zero attached hydrogens (tertiary/aromatic N) is 2. The average molecular weight is 251 g/mol. The fourth-order valence-corrected chi connectivity index (χ4v) is 1.65. The van der Waals surface area contributed by atoms with Gasteiger partial charge in [0.1, 0.15) is 11.7 Å². The van der Waals surface area contributed by atoms with E-state index >= 15 is 0 Å². The Labute approximate surface area is 97.8 Å². The molecule has 0 aliphatic carbocycles. The fourth-order valence-electron chi connectivity index (χ4n) is 1.65. The number of hydrogen-bond acceptors (Lipinski definition) is 3. The monoisotopic (exact) mass is 251 g/mol. The summed E-state index contributed by atoms with van der Waals surface area (Å²) >= 11 is 0. The van der Waals surface area contributed by atoms with Crippen molar-refractivity contribution in [2.45, 2.75) is 32.6 Å². The van der Waals surface area contributed by atoms with Gasteiger partial charge in [0.05, 0.1) is 13.3 Å². The number of ether oxygens (including phenoxy) is 1. The van der Waals surface area contributed by atoms with Crippen molar-refractivity contribution in [2.75, 3.05) is 13.7 Å². The van der Waals surface area contributed by atoms with E-state index in [1.165, 1.54) is 18.0 Å². The first-order valence-electron chi connectivity index (χ1n) is 5.35. The number of methoxy groups -OCH3 is 1. The smallest absolute Gasteiger partial charge is 0.409 e. The number of alkyl halides is 3. The standard InChI is InChI=1S/C10H16F3N3O/c1-4-14-9(10(11,12)13)8-7(17-3)6-15-16(8)5-2/h6,9,14H,4-5H2,1-3H3. The lowest BCUT2D eigenvalue weighted by molar-refractivity contribution is -0.159. The molecule has 17 heavy (non-hydrogen) atoms. The van der Waals surface area contributed by atoms with E-state index in [1.807, 2.05) is 0 Å². The normalized spacial score (nSPS) is 13.8. The summed E-state index contributed by atoms with van der Waals surface area (Å²) in [6, 6.07) is -1.76. The van der Waals surface area contributed by atoms with Crippen LogP contribution in [0.25, 0.3) is 0 Å². The summed E-state index contributed by atoms with van der Waals surface area (Å²) in [6.07, 6.45) is -3.08. The van der Waals surface area contributed by atoms with Crippen molar-refractivity contribution in [1.82, 2.24) is 15.1 Å². The molecule has 1 aromatic heterocycles. The summed E-state index contributed by atoms with van der Waals surface area (Å²) in [5, 5.41) is 6.28. The molecular weight excluding hydrogens is 235 g/mol. The molecule has 0 saturated carbocycles. The second-order valence-corrected chi connectivity index (χ2v) is 3.45. The molecule has 0 radical (unpaired) electrons. The maximum Gasteiger partial charge on any atom is 0.409 e. The van der Waals surface area contributed by atoms with Crippen molar-refractivity contribution < 1.29 is 17.9 Å². The highest BCUT2D eigenvalue weighted by Crippen LogP contribution is 2.37. The van der Waals surface area contributed by atoms with E-state index in [0.717, 1.165) is 0 Å². The summed E-state index contributed by atoms with van der Waals surface area (Å²) in [5.41, 5.74) is 0.0179. The van der Waals surface area contributed by atoms with Crippen molar-refractivity contribution in [3.05, 3.63) is 11.9 Å². The van der Waals surface area contributed by atoms with Crippen molar-refractivity contribution in [1.29, 1.82) is 0 Å². The van der Waals surface area contributed by atoms with Crippen molar-refractivity contribution in [2.24, 2.45) is 0 Å². The highest BCUT2D eigenvalue weighted by molar-refractivity contribution is 5.29. The van der Waals surface area contributed by atoms with Gasteiger partial charge in [0.15, 0.2) is 5.75 Å². The second kappa shape index (κ2) is 5.39. The van der Waals surface area contributed by atoms with Crippen LogP contribution in [-0.2, 0) is 6.54 Å². The summed E-state index contributed by atoms with van der Waals surface area (Å²) in [7, 11) is 1.33. The fraction of sp³-hybridized carbons (Fsp3) is 0.700. The van der Waals surface area contributed by atoms with Gasteiger partial charge in [-0.1, -0.05) is 6.92 Å². The van der Waals surface area contributed by atoms with Gasteiger partial charge >= 0.3 is 6.18 Å². The lowest BCUT2D eigenvalue weighted by Gasteiger charge is -2.22. The van der Waals surface area contributed by atoms with Crippen molar-refractivity contribution >= 4 is 0 Å². The minimum absolute atomic E-state index is 0.0179. The Bertz CT molecular complexity index is 341. The quantitative estimate of drug-likeness (QED) is 0.871. The van der Waals surface area contributed by atoms with Crippen LogP contribution in [0.4, 0.5) is 13.2 Å². The molecule has 0 bridgehead atoms. The van der Waals surface area contributed by atoms with Gasteiger partial charge in [-0.25, -0.2) is 0 Å². The molecule has 0 spiro atoms. The first-order valence-corrected chi connectivity index (χ1v) is 5.35. The number of aryl methyl sites for hydroxylation is 1. The van der Waals surface area contributed by atoms with E-state index in [2.05, 4.69) is 10.4 Å². The van der Waals surface area contributed by atoms with Gasteiger partial charge in [0, 0.05) is 6.54 Å². The highest BCUT2D eigenvalue weighted by Gasteiger charge is 2.43. The Balaban J connectivity index is 3.20. The predicted molar refractivity (Wildman–Crippen MR) is 56.9 cm³/mol. The molecule has 0 aromatic carbocycles. The lowest BCUT2D eigenvalue weighted by Crippen LogP contribution is -2.36. The van der Waals surface area contributed by atoms with Gasteiger partial charge in [-0.15, -0.1) is 0 Å². The van der Waals surface area contributed by atoms with E-state index in [1.54, 1.807) is 13.8 Å². The maximum atomic E-state index is 12.9. The van der Waals surface area contributed by atoms with Gasteiger partial charge in [0.25, 0.3) is 0 Å². The van der Waals surface area contributed by atoms with Crippen LogP contribution in [-0.4, -0.2) is 29.6 Å². The average Bonchev–Trinajstić information content (AvgIpc) is 2.66. The van der Waals surface area contributed by atoms with E-state index in [9.17, 15) is 13.2 Å². The van der Waals surface area contributed by atoms with Gasteiger partial charge in [-0.05, 0) is 13.5 Å². The molecule has 1 unspecified atom stereocenters. The summed E-state index contributed by atoms with van der Waals surface area (Å²) in [5.74, 6) is 0.148. The van der Waals surface area contributed by atoms with Crippen LogP contribution in [0.3, 0.4) is 0 Å².